The first-order valence-corrected chi connectivity index (χ1v) is 12.1. The maximum Gasteiger partial charge on any atom is 0.280 e. The number of fused-ring (bicyclic) bond motifs is 3. The van der Waals surface area contributed by atoms with Crippen molar-refractivity contribution in [1.29, 1.82) is 0 Å². The van der Waals surface area contributed by atoms with E-state index in [1.807, 2.05) is 30.3 Å². The Hall–Kier alpha value is -4.58. The van der Waals surface area contributed by atoms with Crippen LogP contribution in [0.1, 0.15) is 28.6 Å². The first-order chi connectivity index (χ1) is 18.4. The van der Waals surface area contributed by atoms with Gasteiger partial charge in [-0.3, -0.25) is 19.1 Å². The van der Waals surface area contributed by atoms with E-state index in [4.69, 9.17) is 16.2 Å². The maximum absolute atomic E-state index is 13.3. The van der Waals surface area contributed by atoms with E-state index < -0.39 is 24.0 Å². The zero-order valence-electron chi connectivity index (χ0n) is 19.9. The average Bonchev–Trinajstić information content (AvgIpc) is 3.48. The molecule has 7 rings (SSSR count). The number of H-pyrrole nitrogens is 1. The van der Waals surface area contributed by atoms with Crippen LogP contribution in [0.2, 0.25) is 0 Å². The molecule has 7 N–H and O–H groups in total. The second-order valence-electron chi connectivity index (χ2n) is 9.53. The molecule has 0 radical (unpaired) electrons. The topological polar surface area (TPSA) is 182 Å². The number of nitrogens with two attached hydrogens (primary N) is 2. The fraction of sp³-hybridized carbons (Fsp3) is 0.185. The number of aliphatic hydroxyl groups excluding tert-OH is 2. The minimum atomic E-state index is -0.940. The van der Waals surface area contributed by atoms with E-state index in [0.29, 0.717) is 27.8 Å². The van der Waals surface area contributed by atoms with Crippen LogP contribution >= 0.6 is 0 Å². The van der Waals surface area contributed by atoms with Crippen LogP contribution in [0.4, 0.5) is 11.6 Å². The van der Waals surface area contributed by atoms with Crippen molar-refractivity contribution in [2.45, 2.75) is 24.9 Å². The Morgan fingerprint density at radius 1 is 1.00 bits per heavy atom. The first kappa shape index (κ1) is 22.6. The van der Waals surface area contributed by atoms with Crippen molar-refractivity contribution in [2.24, 2.45) is 0 Å². The quantitative estimate of drug-likeness (QED) is 0.222. The molecule has 1 fully saturated rings. The molecular weight excluding hydrogens is 488 g/mol. The summed E-state index contributed by atoms with van der Waals surface area (Å²) in [5, 5.41) is 21.5. The van der Waals surface area contributed by atoms with E-state index in [1.165, 1.54) is 0 Å². The zero-order valence-corrected chi connectivity index (χ0v) is 19.9. The van der Waals surface area contributed by atoms with Gasteiger partial charge in [-0.05, 0) is 17.2 Å². The number of nitrogen functional groups attached to an aromatic ring is 2. The SMILES string of the molecule is Nc1nc2c(nc(-c3cc4c5c(cccc5c3N)C(=O)c3ccccc3-4)n2[C@H]2C[C@H](O)[C@@H](CO)O2)c(=O)[nH]1. The van der Waals surface area contributed by atoms with E-state index in [-0.39, 0.29) is 41.7 Å². The van der Waals surface area contributed by atoms with Crippen LogP contribution in [-0.2, 0) is 4.74 Å². The molecule has 11 heteroatoms. The minimum Gasteiger partial charge on any atom is -0.398 e. The van der Waals surface area contributed by atoms with Crippen molar-refractivity contribution in [1.82, 2.24) is 19.5 Å². The van der Waals surface area contributed by atoms with Crippen LogP contribution in [0, 0.1) is 0 Å². The molecule has 3 aromatic carbocycles. The summed E-state index contributed by atoms with van der Waals surface area (Å²) in [6.45, 7) is -0.383. The Morgan fingerprint density at radius 3 is 2.53 bits per heavy atom. The second-order valence-corrected chi connectivity index (χ2v) is 9.53. The number of ether oxygens (including phenoxy) is 1. The third kappa shape index (κ3) is 3.00. The molecule has 0 spiro atoms. The highest BCUT2D eigenvalue weighted by Crippen LogP contribution is 2.46. The van der Waals surface area contributed by atoms with Gasteiger partial charge in [0.1, 0.15) is 18.2 Å². The molecule has 1 aliphatic heterocycles. The molecule has 0 saturated carbocycles. The number of imidazole rings is 1. The molecule has 11 nitrogen and oxygen atoms in total. The van der Waals surface area contributed by atoms with Crippen LogP contribution in [0.15, 0.2) is 53.3 Å². The number of nitrogens with one attached hydrogen (secondary N) is 1. The number of carbonyl (C=O) groups is 1. The Morgan fingerprint density at radius 2 is 1.76 bits per heavy atom. The lowest BCUT2D eigenvalue weighted by atomic mass is 9.81. The van der Waals surface area contributed by atoms with Crippen molar-refractivity contribution in [3.63, 3.8) is 0 Å². The summed E-state index contributed by atoms with van der Waals surface area (Å²) >= 11 is 0. The molecule has 1 saturated heterocycles. The summed E-state index contributed by atoms with van der Waals surface area (Å²) in [7, 11) is 0. The Labute approximate surface area is 214 Å². The number of carbonyl (C=O) groups excluding carboxylic acids is 1. The Kier molecular flexibility index (Phi) is 4.73. The summed E-state index contributed by atoms with van der Waals surface area (Å²) in [6, 6.07) is 14.6. The number of hydrogen-bond donors (Lipinski definition) is 5. The number of rotatable bonds is 3. The molecule has 3 atom stereocenters. The van der Waals surface area contributed by atoms with E-state index in [2.05, 4.69) is 15.0 Å². The monoisotopic (exact) mass is 510 g/mol. The second kappa shape index (κ2) is 7.96. The van der Waals surface area contributed by atoms with Crippen LogP contribution in [0.5, 0.6) is 0 Å². The minimum absolute atomic E-state index is 0.0252. The van der Waals surface area contributed by atoms with E-state index in [1.54, 1.807) is 22.8 Å². The fourth-order valence-electron chi connectivity index (χ4n) is 5.65. The molecule has 2 aliphatic rings. The average molecular weight is 511 g/mol. The van der Waals surface area contributed by atoms with Gasteiger partial charge in [-0.25, -0.2) is 4.98 Å². The van der Waals surface area contributed by atoms with Gasteiger partial charge in [-0.2, -0.15) is 4.98 Å². The number of nitrogens with zero attached hydrogens (tertiary/aromatic N) is 3. The summed E-state index contributed by atoms with van der Waals surface area (Å²) in [5.74, 6) is 0.105. The molecule has 0 bridgehead atoms. The predicted molar refractivity (Wildman–Crippen MR) is 140 cm³/mol. The molecule has 3 heterocycles. The summed E-state index contributed by atoms with van der Waals surface area (Å²) in [4.78, 5) is 37.5. The lowest BCUT2D eigenvalue weighted by Crippen LogP contribution is -2.24. The first-order valence-electron chi connectivity index (χ1n) is 12.1. The van der Waals surface area contributed by atoms with Gasteiger partial charge in [0.05, 0.1) is 18.4 Å². The van der Waals surface area contributed by atoms with Crippen LogP contribution < -0.4 is 17.0 Å². The highest BCUT2D eigenvalue weighted by Gasteiger charge is 2.38. The maximum atomic E-state index is 13.3. The number of aromatic amines is 1. The number of benzene rings is 3. The van der Waals surface area contributed by atoms with Crippen molar-refractivity contribution in [3.05, 3.63) is 70.0 Å². The van der Waals surface area contributed by atoms with Gasteiger partial charge >= 0.3 is 0 Å². The molecule has 0 amide bonds. The van der Waals surface area contributed by atoms with Crippen molar-refractivity contribution in [2.75, 3.05) is 18.1 Å². The number of aliphatic hydroxyl groups is 2. The molecule has 2 aromatic heterocycles. The number of aromatic nitrogens is 4. The van der Waals surface area contributed by atoms with Gasteiger partial charge < -0.3 is 26.4 Å². The third-order valence-corrected chi connectivity index (χ3v) is 7.39. The van der Waals surface area contributed by atoms with Gasteiger partial charge in [0, 0.05) is 33.9 Å². The standard InChI is InChI=1S/C27H22N6O5/c28-21-13-6-3-7-14-20(13)15(11-4-1-2-5-12(11)23(14)36)8-16(21)24-30-22-25(31-27(29)32-26(22)37)33(24)19-9-17(35)18(10-34)38-19/h1-8,17-19,34-35H,9-10,28H2,(H3,29,31,32,37)/t17-,18+,19+/m0/s1. The van der Waals surface area contributed by atoms with Gasteiger partial charge in [0.25, 0.3) is 5.56 Å². The normalized spacial score (nSPS) is 20.4. The van der Waals surface area contributed by atoms with Gasteiger partial charge in [0.2, 0.25) is 5.95 Å². The van der Waals surface area contributed by atoms with Crippen molar-refractivity contribution >= 4 is 39.4 Å². The van der Waals surface area contributed by atoms with Crippen LogP contribution in [-0.4, -0.2) is 54.3 Å². The van der Waals surface area contributed by atoms with Gasteiger partial charge in [0.15, 0.2) is 16.9 Å². The van der Waals surface area contributed by atoms with E-state index >= 15 is 0 Å². The van der Waals surface area contributed by atoms with Crippen molar-refractivity contribution < 1.29 is 19.7 Å². The molecule has 0 unspecified atom stereocenters. The van der Waals surface area contributed by atoms with Gasteiger partial charge in [-0.15, -0.1) is 0 Å². The summed E-state index contributed by atoms with van der Waals surface area (Å²) in [6.07, 6.45) is -2.44. The fourth-order valence-corrected chi connectivity index (χ4v) is 5.65. The van der Waals surface area contributed by atoms with E-state index in [0.717, 1.165) is 16.5 Å². The Balaban J connectivity index is 1.57. The largest absolute Gasteiger partial charge is 0.398 e. The molecule has 190 valence electrons. The highest BCUT2D eigenvalue weighted by molar-refractivity contribution is 6.28. The highest BCUT2D eigenvalue weighted by atomic mass is 16.5. The Bertz CT molecular complexity index is 1880. The lowest BCUT2D eigenvalue weighted by Gasteiger charge is -2.23. The number of ketones is 1. The number of hydrogen-bond acceptors (Lipinski definition) is 9. The smallest absolute Gasteiger partial charge is 0.280 e. The molecule has 5 aromatic rings. The van der Waals surface area contributed by atoms with Crippen LogP contribution in [0.3, 0.4) is 0 Å². The summed E-state index contributed by atoms with van der Waals surface area (Å²) in [5.41, 5.74) is 15.8. The molecule has 1 aliphatic carbocycles. The zero-order chi connectivity index (χ0) is 26.3. The predicted octanol–water partition coefficient (Wildman–Crippen LogP) is 1.96. The van der Waals surface area contributed by atoms with E-state index in [9.17, 15) is 19.8 Å². The van der Waals surface area contributed by atoms with Crippen molar-refractivity contribution in [3.8, 4) is 22.5 Å². The molecular formula is C27H22N6O5. The number of anilines is 2. The van der Waals surface area contributed by atoms with Crippen LogP contribution in [0.25, 0.3) is 44.5 Å². The lowest BCUT2D eigenvalue weighted by molar-refractivity contribution is -0.0426. The molecule has 38 heavy (non-hydrogen) atoms. The third-order valence-electron chi connectivity index (χ3n) is 7.39. The van der Waals surface area contributed by atoms with Gasteiger partial charge in [-0.1, -0.05) is 42.5 Å². The summed E-state index contributed by atoms with van der Waals surface area (Å²) < 4.78 is 7.54.